The van der Waals surface area contributed by atoms with Crippen molar-refractivity contribution in [3.8, 4) is 5.75 Å². The fourth-order valence-corrected chi connectivity index (χ4v) is 3.10. The second kappa shape index (κ2) is 10.8. The summed E-state index contributed by atoms with van der Waals surface area (Å²) in [5, 5.41) is 12.6. The van der Waals surface area contributed by atoms with Crippen molar-refractivity contribution in [3.63, 3.8) is 0 Å². The normalized spacial score (nSPS) is 14.2. The molecule has 4 nitrogen and oxygen atoms in total. The molecule has 2 N–H and O–H groups in total. The van der Waals surface area contributed by atoms with Crippen LogP contribution in [0.2, 0.25) is 0 Å². The molecule has 0 saturated carbocycles. The summed E-state index contributed by atoms with van der Waals surface area (Å²) in [6, 6.07) is 13.0. The maximum absolute atomic E-state index is 13.1. The Morgan fingerprint density at radius 3 is 2.25 bits per heavy atom. The lowest BCUT2D eigenvalue weighted by atomic mass is 9.98. The summed E-state index contributed by atoms with van der Waals surface area (Å²) < 4.78 is 18.8. The standard InChI is InChI=1S/C23H30FNO3/c1-4-5-16(2)15-28-21-12-8-19(9-13-21)22(14-26)23(27)25-17(3)18-6-10-20(24)11-7-18/h6-13,16-17,22,26H,4-5,14-15H2,1-3H3,(H,25,27)/t16?,17-,22-/m1/s1. The first-order valence-electron chi connectivity index (χ1n) is 9.84. The van der Waals surface area contributed by atoms with Crippen LogP contribution >= 0.6 is 0 Å². The summed E-state index contributed by atoms with van der Waals surface area (Å²) in [6.07, 6.45) is 2.25. The number of ether oxygens (including phenoxy) is 1. The van der Waals surface area contributed by atoms with Crippen molar-refractivity contribution >= 4 is 5.91 Å². The Morgan fingerprint density at radius 1 is 1.07 bits per heavy atom. The minimum Gasteiger partial charge on any atom is -0.493 e. The zero-order valence-electron chi connectivity index (χ0n) is 16.8. The molecule has 0 aliphatic carbocycles. The number of benzene rings is 2. The van der Waals surface area contributed by atoms with Crippen LogP contribution in [0, 0.1) is 11.7 Å². The van der Waals surface area contributed by atoms with Crippen molar-refractivity contribution in [2.45, 2.75) is 45.6 Å². The Bertz CT molecular complexity index is 731. The van der Waals surface area contributed by atoms with Gasteiger partial charge in [-0.15, -0.1) is 0 Å². The molecule has 1 unspecified atom stereocenters. The third kappa shape index (κ3) is 6.34. The van der Waals surface area contributed by atoms with Crippen LogP contribution in [-0.2, 0) is 4.79 Å². The minimum absolute atomic E-state index is 0.274. The van der Waals surface area contributed by atoms with Crippen molar-refractivity contribution in [3.05, 3.63) is 65.5 Å². The van der Waals surface area contributed by atoms with Gasteiger partial charge in [-0.25, -0.2) is 4.39 Å². The van der Waals surface area contributed by atoms with E-state index in [0.29, 0.717) is 12.5 Å². The van der Waals surface area contributed by atoms with Gasteiger partial charge in [-0.2, -0.15) is 0 Å². The van der Waals surface area contributed by atoms with Crippen LogP contribution in [0.25, 0.3) is 0 Å². The molecule has 1 amide bonds. The van der Waals surface area contributed by atoms with Crippen LogP contribution < -0.4 is 10.1 Å². The number of amides is 1. The number of carbonyl (C=O) groups is 1. The van der Waals surface area contributed by atoms with Gasteiger partial charge in [0, 0.05) is 0 Å². The molecule has 5 heteroatoms. The third-order valence-corrected chi connectivity index (χ3v) is 4.83. The van der Waals surface area contributed by atoms with Crippen molar-refractivity contribution in [1.29, 1.82) is 0 Å². The highest BCUT2D eigenvalue weighted by atomic mass is 19.1. The SMILES string of the molecule is CCCC(C)COc1ccc([C@@H](CO)C(=O)N[C@H](C)c2ccc(F)cc2)cc1. The maximum Gasteiger partial charge on any atom is 0.230 e. The van der Waals surface area contributed by atoms with Crippen LogP contribution in [0.5, 0.6) is 5.75 Å². The number of hydrogen-bond donors (Lipinski definition) is 2. The molecule has 0 saturated heterocycles. The van der Waals surface area contributed by atoms with Gasteiger partial charge in [-0.05, 0) is 54.7 Å². The van der Waals surface area contributed by atoms with E-state index in [1.54, 1.807) is 12.1 Å². The van der Waals surface area contributed by atoms with Crippen LogP contribution in [0.15, 0.2) is 48.5 Å². The number of carbonyl (C=O) groups excluding carboxylic acids is 1. The predicted octanol–water partition coefficient (Wildman–Crippen LogP) is 4.59. The van der Waals surface area contributed by atoms with Gasteiger partial charge in [0.25, 0.3) is 0 Å². The van der Waals surface area contributed by atoms with E-state index in [9.17, 15) is 14.3 Å². The summed E-state index contributed by atoms with van der Waals surface area (Å²) in [6.45, 7) is 6.50. The summed E-state index contributed by atoms with van der Waals surface area (Å²) in [4.78, 5) is 12.6. The smallest absolute Gasteiger partial charge is 0.230 e. The van der Waals surface area contributed by atoms with Crippen molar-refractivity contribution < 1.29 is 19.0 Å². The fourth-order valence-electron chi connectivity index (χ4n) is 3.10. The van der Waals surface area contributed by atoms with Gasteiger partial charge in [0.15, 0.2) is 0 Å². The van der Waals surface area contributed by atoms with Gasteiger partial charge in [-0.3, -0.25) is 4.79 Å². The molecule has 0 radical (unpaired) electrons. The lowest BCUT2D eigenvalue weighted by molar-refractivity contribution is -0.124. The van der Waals surface area contributed by atoms with Crippen LogP contribution in [-0.4, -0.2) is 24.2 Å². The quantitative estimate of drug-likeness (QED) is 0.627. The average molecular weight is 387 g/mol. The zero-order valence-corrected chi connectivity index (χ0v) is 16.8. The van der Waals surface area contributed by atoms with E-state index in [4.69, 9.17) is 4.74 Å². The van der Waals surface area contributed by atoms with Gasteiger partial charge >= 0.3 is 0 Å². The number of aliphatic hydroxyl groups excluding tert-OH is 1. The Kier molecular flexibility index (Phi) is 8.45. The Labute approximate surface area is 166 Å². The van der Waals surface area contributed by atoms with E-state index in [-0.39, 0.29) is 24.4 Å². The first kappa shape index (κ1) is 21.9. The third-order valence-electron chi connectivity index (χ3n) is 4.83. The molecule has 3 atom stereocenters. The van der Waals surface area contributed by atoms with E-state index in [1.807, 2.05) is 31.2 Å². The summed E-state index contributed by atoms with van der Waals surface area (Å²) in [5.41, 5.74) is 1.52. The molecule has 0 aliphatic rings. The molecule has 0 bridgehead atoms. The highest BCUT2D eigenvalue weighted by Gasteiger charge is 2.22. The maximum atomic E-state index is 13.1. The molecule has 2 rings (SSSR count). The van der Waals surface area contributed by atoms with Gasteiger partial charge in [0.2, 0.25) is 5.91 Å². The van der Waals surface area contributed by atoms with E-state index >= 15 is 0 Å². The molecule has 2 aromatic carbocycles. The Balaban J connectivity index is 1.97. The molecule has 0 heterocycles. The topological polar surface area (TPSA) is 58.6 Å². The Hall–Kier alpha value is -2.40. The predicted molar refractivity (Wildman–Crippen MR) is 109 cm³/mol. The van der Waals surface area contributed by atoms with Gasteiger partial charge in [0.1, 0.15) is 11.6 Å². The number of aliphatic hydroxyl groups is 1. The zero-order chi connectivity index (χ0) is 20.5. The van der Waals surface area contributed by atoms with Crippen molar-refractivity contribution in [2.75, 3.05) is 13.2 Å². The Morgan fingerprint density at radius 2 is 1.68 bits per heavy atom. The van der Waals surface area contributed by atoms with Gasteiger partial charge in [-0.1, -0.05) is 44.5 Å². The molecular formula is C23H30FNO3. The van der Waals surface area contributed by atoms with E-state index < -0.39 is 5.92 Å². The second-order valence-corrected chi connectivity index (χ2v) is 7.29. The van der Waals surface area contributed by atoms with Crippen molar-refractivity contribution in [2.24, 2.45) is 5.92 Å². The van der Waals surface area contributed by atoms with E-state index in [1.165, 1.54) is 12.1 Å². The van der Waals surface area contributed by atoms with Crippen LogP contribution in [0.3, 0.4) is 0 Å². The average Bonchev–Trinajstić information content (AvgIpc) is 2.68. The summed E-state index contributed by atoms with van der Waals surface area (Å²) in [7, 11) is 0. The lowest BCUT2D eigenvalue weighted by Crippen LogP contribution is -2.33. The van der Waals surface area contributed by atoms with Crippen molar-refractivity contribution in [1.82, 2.24) is 5.32 Å². The van der Waals surface area contributed by atoms with Crippen LogP contribution in [0.1, 0.15) is 56.7 Å². The van der Waals surface area contributed by atoms with Gasteiger partial charge < -0.3 is 15.2 Å². The first-order chi connectivity index (χ1) is 13.4. The highest BCUT2D eigenvalue weighted by molar-refractivity contribution is 5.84. The van der Waals surface area contributed by atoms with Gasteiger partial charge in [0.05, 0.1) is 25.2 Å². The van der Waals surface area contributed by atoms with E-state index in [2.05, 4.69) is 19.2 Å². The molecule has 152 valence electrons. The molecule has 2 aromatic rings. The number of nitrogens with one attached hydrogen (secondary N) is 1. The number of rotatable bonds is 10. The molecular weight excluding hydrogens is 357 g/mol. The first-order valence-corrected chi connectivity index (χ1v) is 9.84. The summed E-state index contributed by atoms with van der Waals surface area (Å²) in [5.74, 6) is -0.0143. The molecule has 0 spiro atoms. The summed E-state index contributed by atoms with van der Waals surface area (Å²) >= 11 is 0. The fraction of sp³-hybridized carbons (Fsp3) is 0.435. The second-order valence-electron chi connectivity index (χ2n) is 7.29. The molecule has 0 aromatic heterocycles. The molecule has 0 aliphatic heterocycles. The van der Waals surface area contributed by atoms with E-state index in [0.717, 1.165) is 29.7 Å². The number of halogens is 1. The minimum atomic E-state index is -0.670. The van der Waals surface area contributed by atoms with Crippen LogP contribution in [0.4, 0.5) is 4.39 Å². The monoisotopic (exact) mass is 387 g/mol. The molecule has 0 fully saturated rings. The number of hydrogen-bond acceptors (Lipinski definition) is 3. The molecule has 28 heavy (non-hydrogen) atoms. The lowest BCUT2D eigenvalue weighted by Gasteiger charge is -2.20. The largest absolute Gasteiger partial charge is 0.493 e. The highest BCUT2D eigenvalue weighted by Crippen LogP contribution is 2.22.